The largest absolute Gasteiger partial charge is 0.464 e. The van der Waals surface area contributed by atoms with Crippen LogP contribution in [-0.4, -0.2) is 41.0 Å². The van der Waals surface area contributed by atoms with Crippen molar-refractivity contribution in [3.8, 4) is 0 Å². The molecule has 154 valence electrons. The van der Waals surface area contributed by atoms with Crippen LogP contribution in [0.25, 0.3) is 10.9 Å². The van der Waals surface area contributed by atoms with E-state index in [4.69, 9.17) is 4.74 Å². The second-order valence-corrected chi connectivity index (χ2v) is 7.86. The summed E-state index contributed by atoms with van der Waals surface area (Å²) < 4.78 is 19.2. The zero-order chi connectivity index (χ0) is 20.7. The highest BCUT2D eigenvalue weighted by molar-refractivity contribution is 6.06. The number of aryl methyl sites for hydroxylation is 1. The van der Waals surface area contributed by atoms with Gasteiger partial charge in [0.15, 0.2) is 5.69 Å². The number of ether oxygens (including phenoxy) is 1. The number of benzene rings is 1. The van der Waals surface area contributed by atoms with E-state index >= 15 is 0 Å². The van der Waals surface area contributed by atoms with Gasteiger partial charge < -0.3 is 10.1 Å². The molecule has 0 aliphatic rings. The molecule has 0 bridgehead atoms. The summed E-state index contributed by atoms with van der Waals surface area (Å²) in [6.45, 7) is 7.88. The van der Waals surface area contributed by atoms with Gasteiger partial charge in [-0.15, -0.1) is 0 Å². The maximum atomic E-state index is 13.0. The van der Waals surface area contributed by atoms with Crippen LogP contribution in [0, 0.1) is 5.41 Å². The summed E-state index contributed by atoms with van der Waals surface area (Å²) in [5.41, 5.74) is 0.614. The maximum absolute atomic E-state index is 13.0. The van der Waals surface area contributed by atoms with E-state index in [1.54, 1.807) is 11.6 Å². The van der Waals surface area contributed by atoms with E-state index < -0.39 is 23.3 Å². The zero-order valence-corrected chi connectivity index (χ0v) is 17.1. The second kappa shape index (κ2) is 9.66. The van der Waals surface area contributed by atoms with Crippen LogP contribution in [0.4, 0.5) is 4.39 Å². The average Bonchev–Trinajstić information content (AvgIpc) is 3.01. The van der Waals surface area contributed by atoms with Crippen molar-refractivity contribution in [1.29, 1.82) is 0 Å². The standard InChI is InChI=1S/C21H30FN3O3/c1-5-28-20(27)18(21(2,3)4)23-19(26)17-15-11-7-8-12-16(15)25(24-17)14-10-6-9-13-22/h7-8,11-12,18H,5-6,9-10,13-14H2,1-4H3,(H,23,26). The lowest BCUT2D eigenvalue weighted by atomic mass is 9.86. The van der Waals surface area contributed by atoms with Crippen LogP contribution >= 0.6 is 0 Å². The van der Waals surface area contributed by atoms with Gasteiger partial charge in [0.05, 0.1) is 18.8 Å². The molecule has 6 nitrogen and oxygen atoms in total. The number of carbonyl (C=O) groups is 2. The molecule has 2 aromatic rings. The number of fused-ring (bicyclic) bond motifs is 1. The quantitative estimate of drug-likeness (QED) is 0.520. The molecule has 0 spiro atoms. The Morgan fingerprint density at radius 2 is 1.93 bits per heavy atom. The average molecular weight is 391 g/mol. The number of carbonyl (C=O) groups excluding carboxylic acids is 2. The Balaban J connectivity index is 2.27. The topological polar surface area (TPSA) is 73.2 Å². The van der Waals surface area contributed by atoms with E-state index in [0.29, 0.717) is 13.0 Å². The summed E-state index contributed by atoms with van der Waals surface area (Å²) in [6.07, 6.45) is 2.07. The van der Waals surface area contributed by atoms with Crippen molar-refractivity contribution in [1.82, 2.24) is 15.1 Å². The zero-order valence-electron chi connectivity index (χ0n) is 17.1. The van der Waals surface area contributed by atoms with Gasteiger partial charge in [0.1, 0.15) is 6.04 Å². The highest BCUT2D eigenvalue weighted by Crippen LogP contribution is 2.23. The van der Waals surface area contributed by atoms with E-state index in [-0.39, 0.29) is 19.0 Å². The maximum Gasteiger partial charge on any atom is 0.329 e. The molecule has 1 aromatic carbocycles. The number of hydrogen-bond acceptors (Lipinski definition) is 4. The number of nitrogens with zero attached hydrogens (tertiary/aromatic N) is 2. The van der Waals surface area contributed by atoms with Gasteiger partial charge in [0.25, 0.3) is 5.91 Å². The predicted octanol–water partition coefficient (Wildman–Crippen LogP) is 3.88. The number of para-hydroxylation sites is 1. The van der Waals surface area contributed by atoms with Gasteiger partial charge in [-0.25, -0.2) is 4.79 Å². The number of rotatable bonds is 9. The van der Waals surface area contributed by atoms with Crippen LogP contribution in [0.15, 0.2) is 24.3 Å². The first-order valence-electron chi connectivity index (χ1n) is 9.78. The highest BCUT2D eigenvalue weighted by atomic mass is 19.1. The van der Waals surface area contributed by atoms with Crippen molar-refractivity contribution in [3.05, 3.63) is 30.0 Å². The van der Waals surface area contributed by atoms with Crippen molar-refractivity contribution in [2.75, 3.05) is 13.3 Å². The van der Waals surface area contributed by atoms with Crippen LogP contribution in [-0.2, 0) is 16.1 Å². The monoisotopic (exact) mass is 391 g/mol. The van der Waals surface area contributed by atoms with Crippen LogP contribution in [0.5, 0.6) is 0 Å². The molecular formula is C21H30FN3O3. The Morgan fingerprint density at radius 1 is 1.21 bits per heavy atom. The fourth-order valence-electron chi connectivity index (χ4n) is 3.05. The van der Waals surface area contributed by atoms with Gasteiger partial charge in [-0.3, -0.25) is 13.9 Å². The van der Waals surface area contributed by atoms with Crippen LogP contribution in [0.2, 0.25) is 0 Å². The molecule has 1 heterocycles. The third-order valence-electron chi connectivity index (χ3n) is 4.54. The van der Waals surface area contributed by atoms with Crippen LogP contribution in [0.3, 0.4) is 0 Å². The Bertz CT molecular complexity index is 811. The molecule has 2 rings (SSSR count). The number of nitrogens with one attached hydrogen (secondary N) is 1. The molecule has 1 atom stereocenters. The number of hydrogen-bond donors (Lipinski definition) is 1. The summed E-state index contributed by atoms with van der Waals surface area (Å²) in [7, 11) is 0. The molecule has 0 radical (unpaired) electrons. The van der Waals surface area contributed by atoms with E-state index in [2.05, 4.69) is 10.4 Å². The van der Waals surface area contributed by atoms with Gasteiger partial charge in [0, 0.05) is 11.9 Å². The SMILES string of the molecule is CCOC(=O)C(NC(=O)c1nn(CCCCCF)c2ccccc12)C(C)(C)C. The number of amides is 1. The number of aromatic nitrogens is 2. The van der Waals surface area contributed by atoms with E-state index in [1.165, 1.54) is 0 Å². The third kappa shape index (κ3) is 5.30. The fraction of sp³-hybridized carbons (Fsp3) is 0.571. The number of esters is 1. The molecule has 1 N–H and O–H groups in total. The molecule has 7 heteroatoms. The summed E-state index contributed by atoms with van der Waals surface area (Å²) in [6, 6.07) is 6.70. The Hall–Kier alpha value is -2.44. The summed E-state index contributed by atoms with van der Waals surface area (Å²) >= 11 is 0. The van der Waals surface area contributed by atoms with Crippen molar-refractivity contribution in [2.45, 2.75) is 59.5 Å². The van der Waals surface area contributed by atoms with Crippen LogP contribution < -0.4 is 5.32 Å². The fourth-order valence-corrected chi connectivity index (χ4v) is 3.05. The number of alkyl halides is 1. The summed E-state index contributed by atoms with van der Waals surface area (Å²) in [5, 5.41) is 8.01. The molecule has 0 aliphatic carbocycles. The molecule has 1 amide bonds. The van der Waals surface area contributed by atoms with Crippen LogP contribution in [0.1, 0.15) is 57.4 Å². The molecule has 1 unspecified atom stereocenters. The lowest BCUT2D eigenvalue weighted by Crippen LogP contribution is -2.50. The molecule has 0 saturated carbocycles. The third-order valence-corrected chi connectivity index (χ3v) is 4.54. The molecule has 0 saturated heterocycles. The lowest BCUT2D eigenvalue weighted by Gasteiger charge is -2.29. The van der Waals surface area contributed by atoms with Crippen molar-refractivity contribution in [2.24, 2.45) is 5.41 Å². The van der Waals surface area contributed by atoms with Gasteiger partial charge in [-0.2, -0.15) is 5.10 Å². The van der Waals surface area contributed by atoms with Gasteiger partial charge in [0.2, 0.25) is 0 Å². The minimum Gasteiger partial charge on any atom is -0.464 e. The Labute approximate surface area is 165 Å². The predicted molar refractivity (Wildman–Crippen MR) is 107 cm³/mol. The second-order valence-electron chi connectivity index (χ2n) is 7.86. The minimum absolute atomic E-state index is 0.248. The molecule has 0 aliphatic heterocycles. The minimum atomic E-state index is -0.784. The summed E-state index contributed by atoms with van der Waals surface area (Å²) in [5.74, 6) is -0.870. The molecule has 0 fully saturated rings. The normalized spacial score (nSPS) is 12.8. The smallest absolute Gasteiger partial charge is 0.329 e. The van der Waals surface area contributed by atoms with Crippen molar-refractivity contribution >= 4 is 22.8 Å². The number of halogens is 1. The van der Waals surface area contributed by atoms with Crippen molar-refractivity contribution in [3.63, 3.8) is 0 Å². The van der Waals surface area contributed by atoms with Gasteiger partial charge >= 0.3 is 5.97 Å². The molecular weight excluding hydrogens is 361 g/mol. The van der Waals surface area contributed by atoms with E-state index in [1.807, 2.05) is 45.0 Å². The molecule has 28 heavy (non-hydrogen) atoms. The first kappa shape index (κ1) is 21.9. The highest BCUT2D eigenvalue weighted by Gasteiger charge is 2.35. The molecule has 1 aromatic heterocycles. The Morgan fingerprint density at radius 3 is 2.57 bits per heavy atom. The summed E-state index contributed by atoms with van der Waals surface area (Å²) in [4.78, 5) is 25.3. The van der Waals surface area contributed by atoms with Gasteiger partial charge in [-0.05, 0) is 37.7 Å². The Kier molecular flexibility index (Phi) is 7.54. The number of unbranched alkanes of at least 4 members (excludes halogenated alkanes) is 2. The first-order chi connectivity index (χ1) is 13.3. The van der Waals surface area contributed by atoms with E-state index in [9.17, 15) is 14.0 Å². The van der Waals surface area contributed by atoms with Gasteiger partial charge in [-0.1, -0.05) is 39.0 Å². The first-order valence-corrected chi connectivity index (χ1v) is 9.78. The lowest BCUT2D eigenvalue weighted by molar-refractivity contribution is -0.148. The van der Waals surface area contributed by atoms with E-state index in [0.717, 1.165) is 23.7 Å². The van der Waals surface area contributed by atoms with Crippen molar-refractivity contribution < 1.29 is 18.7 Å².